The number of aliphatic imine (C=N–C) groups is 2. The fourth-order valence-corrected chi connectivity index (χ4v) is 1.42. The largest absolute Gasteiger partial charge is 0.287 e. The molecule has 0 N–H and O–H groups in total. The second kappa shape index (κ2) is 9.47. The highest BCUT2D eigenvalue weighted by atomic mass is 35.5. The first-order chi connectivity index (χ1) is 6.78. The first kappa shape index (κ1) is 13.9. The van der Waals surface area contributed by atoms with Crippen LogP contribution in [-0.2, 0) is 0 Å². The van der Waals surface area contributed by atoms with Crippen LogP contribution in [0.4, 0.5) is 0 Å². The maximum Gasteiger partial charge on any atom is 0.0632 e. The molecule has 0 aromatic rings. The van der Waals surface area contributed by atoms with Crippen LogP contribution in [0.25, 0.3) is 0 Å². The van der Waals surface area contributed by atoms with Gasteiger partial charge in [0.05, 0.1) is 12.1 Å². The van der Waals surface area contributed by atoms with Gasteiger partial charge < -0.3 is 0 Å². The third kappa shape index (κ3) is 6.39. The number of alkyl halides is 2. The molecule has 0 spiro atoms. The highest BCUT2D eigenvalue weighted by Gasteiger charge is 1.99. The molecule has 2 atom stereocenters. The third-order valence-corrected chi connectivity index (χ3v) is 2.67. The van der Waals surface area contributed by atoms with Gasteiger partial charge in [-0.25, -0.2) is 0 Å². The lowest BCUT2D eigenvalue weighted by Gasteiger charge is -2.03. The van der Waals surface area contributed by atoms with Crippen LogP contribution in [0, 0.1) is 0 Å². The van der Waals surface area contributed by atoms with Crippen molar-refractivity contribution in [3.8, 4) is 0 Å². The van der Waals surface area contributed by atoms with E-state index < -0.39 is 0 Å². The molecule has 4 heteroatoms. The van der Waals surface area contributed by atoms with Crippen molar-refractivity contribution in [2.75, 3.05) is 11.8 Å². The van der Waals surface area contributed by atoms with E-state index in [9.17, 15) is 0 Å². The van der Waals surface area contributed by atoms with E-state index in [4.69, 9.17) is 23.2 Å². The van der Waals surface area contributed by atoms with Gasteiger partial charge in [-0.3, -0.25) is 9.98 Å². The summed E-state index contributed by atoms with van der Waals surface area (Å²) in [6.45, 7) is 4.13. The normalized spacial score (nSPS) is 16.6. The zero-order valence-corrected chi connectivity index (χ0v) is 10.3. The van der Waals surface area contributed by atoms with Crippen LogP contribution in [0.3, 0.4) is 0 Å². The van der Waals surface area contributed by atoms with Crippen LogP contribution in [-0.4, -0.2) is 36.3 Å². The fraction of sp³-hybridized carbons (Fsp3) is 0.800. The number of hydrogen-bond donors (Lipinski definition) is 0. The lowest BCUT2D eigenvalue weighted by Crippen LogP contribution is -2.06. The number of halogens is 2. The van der Waals surface area contributed by atoms with Gasteiger partial charge in [0.1, 0.15) is 0 Å². The molecule has 82 valence electrons. The molecule has 0 bridgehead atoms. The molecule has 0 amide bonds. The molecule has 0 aliphatic carbocycles. The molecule has 0 rings (SSSR count). The predicted octanol–water partition coefficient (Wildman–Crippen LogP) is 3.16. The van der Waals surface area contributed by atoms with Gasteiger partial charge in [-0.1, -0.05) is 13.8 Å². The van der Waals surface area contributed by atoms with E-state index in [1.807, 2.05) is 0 Å². The van der Waals surface area contributed by atoms with Crippen LogP contribution in [0.15, 0.2) is 9.98 Å². The van der Waals surface area contributed by atoms with Gasteiger partial charge in [-0.05, 0) is 12.8 Å². The van der Waals surface area contributed by atoms with Crippen LogP contribution < -0.4 is 0 Å². The van der Waals surface area contributed by atoms with Crippen molar-refractivity contribution in [1.29, 1.82) is 0 Å². The monoisotopic (exact) mass is 236 g/mol. The average molecular weight is 237 g/mol. The molecule has 14 heavy (non-hydrogen) atoms. The Bertz CT molecular complexity index is 153. The third-order valence-electron chi connectivity index (χ3n) is 1.96. The van der Waals surface area contributed by atoms with Gasteiger partial charge in [0.25, 0.3) is 0 Å². The highest BCUT2D eigenvalue weighted by Crippen LogP contribution is 1.99. The Hall–Kier alpha value is -0.0800. The molecule has 0 unspecified atom stereocenters. The molecular weight excluding hydrogens is 219 g/mol. The van der Waals surface area contributed by atoms with Crippen molar-refractivity contribution >= 4 is 35.6 Å². The molecular formula is C10H18Cl2N2. The molecule has 0 fully saturated rings. The molecule has 0 aromatic heterocycles. The van der Waals surface area contributed by atoms with Crippen molar-refractivity contribution < 1.29 is 0 Å². The summed E-state index contributed by atoms with van der Waals surface area (Å²) in [5, 5.41) is 0. The summed E-state index contributed by atoms with van der Waals surface area (Å²) in [5.41, 5.74) is 0. The van der Waals surface area contributed by atoms with E-state index in [0.29, 0.717) is 11.8 Å². The molecule has 2 nitrogen and oxygen atoms in total. The molecule has 0 aliphatic rings. The van der Waals surface area contributed by atoms with Crippen molar-refractivity contribution in [1.82, 2.24) is 0 Å². The first-order valence-corrected chi connectivity index (χ1v) is 6.02. The summed E-state index contributed by atoms with van der Waals surface area (Å²) >= 11 is 11.4. The minimum Gasteiger partial charge on any atom is -0.287 e. The van der Waals surface area contributed by atoms with Crippen molar-refractivity contribution in [3.63, 3.8) is 0 Å². The minimum absolute atomic E-state index is 0.208. The molecule has 0 radical (unpaired) electrons. The summed E-state index contributed by atoms with van der Waals surface area (Å²) in [6, 6.07) is 0.415. The van der Waals surface area contributed by atoms with E-state index in [1.165, 1.54) is 0 Å². The number of hydrogen-bond acceptors (Lipinski definition) is 2. The molecule has 0 saturated heterocycles. The maximum atomic E-state index is 5.68. The van der Waals surface area contributed by atoms with Crippen LogP contribution in [0.2, 0.25) is 0 Å². The maximum absolute atomic E-state index is 5.68. The van der Waals surface area contributed by atoms with Crippen molar-refractivity contribution in [3.05, 3.63) is 0 Å². The summed E-state index contributed by atoms with van der Waals surface area (Å²) in [7, 11) is 0. The lowest BCUT2D eigenvalue weighted by atomic mass is 10.3. The summed E-state index contributed by atoms with van der Waals surface area (Å²) in [5.74, 6) is 1.13. The molecule has 0 aromatic carbocycles. The first-order valence-electron chi connectivity index (χ1n) is 4.95. The minimum atomic E-state index is 0.208. The molecule has 0 aliphatic heterocycles. The Balaban J connectivity index is 3.89. The number of rotatable bonds is 7. The van der Waals surface area contributed by atoms with Gasteiger partial charge in [-0.2, -0.15) is 0 Å². The fourth-order valence-electron chi connectivity index (χ4n) is 0.829. The second-order valence-electron chi connectivity index (χ2n) is 3.03. The smallest absolute Gasteiger partial charge is 0.0632 e. The summed E-state index contributed by atoms with van der Waals surface area (Å²) in [4.78, 5) is 8.50. The van der Waals surface area contributed by atoms with Gasteiger partial charge in [0, 0.05) is 24.2 Å². The Morgan fingerprint density at radius 2 is 1.29 bits per heavy atom. The zero-order valence-electron chi connectivity index (χ0n) is 8.79. The van der Waals surface area contributed by atoms with Crippen molar-refractivity contribution in [2.24, 2.45) is 9.98 Å². The average Bonchev–Trinajstić information content (AvgIpc) is 2.24. The van der Waals surface area contributed by atoms with Crippen LogP contribution in [0.5, 0.6) is 0 Å². The van der Waals surface area contributed by atoms with E-state index in [-0.39, 0.29) is 12.1 Å². The Morgan fingerprint density at radius 3 is 1.50 bits per heavy atom. The van der Waals surface area contributed by atoms with Gasteiger partial charge in [0.15, 0.2) is 0 Å². The van der Waals surface area contributed by atoms with E-state index in [2.05, 4.69) is 23.8 Å². The van der Waals surface area contributed by atoms with Gasteiger partial charge in [-0.15, -0.1) is 23.2 Å². The topological polar surface area (TPSA) is 24.7 Å². The predicted molar refractivity (Wildman–Crippen MR) is 66.6 cm³/mol. The Morgan fingerprint density at radius 1 is 0.929 bits per heavy atom. The lowest BCUT2D eigenvalue weighted by molar-refractivity contribution is 0.723. The van der Waals surface area contributed by atoms with Gasteiger partial charge >= 0.3 is 0 Å². The SMILES string of the molecule is CC[C@H](CCl)N=CC=N[C@H](CC)CCl. The van der Waals surface area contributed by atoms with Crippen LogP contribution in [0.1, 0.15) is 26.7 Å². The van der Waals surface area contributed by atoms with E-state index in [0.717, 1.165) is 12.8 Å². The van der Waals surface area contributed by atoms with E-state index >= 15 is 0 Å². The van der Waals surface area contributed by atoms with E-state index in [1.54, 1.807) is 12.4 Å². The zero-order chi connectivity index (χ0) is 10.8. The molecule has 0 heterocycles. The van der Waals surface area contributed by atoms with Gasteiger partial charge in [0.2, 0.25) is 0 Å². The summed E-state index contributed by atoms with van der Waals surface area (Å²) in [6.07, 6.45) is 5.35. The molecule has 0 saturated carbocycles. The van der Waals surface area contributed by atoms with Crippen molar-refractivity contribution in [2.45, 2.75) is 38.8 Å². The Kier molecular flexibility index (Phi) is 9.42. The number of nitrogens with zero attached hydrogens (tertiary/aromatic N) is 2. The second-order valence-corrected chi connectivity index (χ2v) is 3.65. The summed E-state index contributed by atoms with van der Waals surface area (Å²) < 4.78 is 0. The quantitative estimate of drug-likeness (QED) is 0.480. The standard InChI is InChI=1S/C10H18Cl2N2/c1-3-9(7-11)13-5-6-14-10(4-2)8-12/h5-6,9-10H,3-4,7-8H2,1-2H3/t9-,10-/m1/s1. The Labute approximate surface area is 96.4 Å². The highest BCUT2D eigenvalue weighted by molar-refractivity contribution is 6.19. The van der Waals surface area contributed by atoms with Crippen LogP contribution >= 0.6 is 23.2 Å².